The molecule has 0 fully saturated rings. The second-order valence-electron chi connectivity index (χ2n) is 8.76. The van der Waals surface area contributed by atoms with E-state index in [1.54, 1.807) is 39.8 Å². The molecule has 198 valence electrons. The van der Waals surface area contributed by atoms with Gasteiger partial charge < -0.3 is 9.47 Å². The smallest absolute Gasteiger partial charge is 0.336 e. The predicted octanol–water partition coefficient (Wildman–Crippen LogP) is 4.43. The van der Waals surface area contributed by atoms with E-state index in [1.807, 2.05) is 37.3 Å². The van der Waals surface area contributed by atoms with Crippen LogP contribution in [0.15, 0.2) is 82.0 Å². The summed E-state index contributed by atoms with van der Waals surface area (Å²) in [4.78, 5) is 29.1. The van der Waals surface area contributed by atoms with E-state index in [1.165, 1.54) is 17.1 Å². The van der Waals surface area contributed by atoms with E-state index in [4.69, 9.17) is 9.47 Å². The number of carbonyl (C=O) groups excluding carboxylic acids is 2. The SMILES string of the molecule is CCOC(=O)C1=C(C)N(NS(=O)(=O)c2ccc(C)cc2)C(C)=C(C(=O)OCC)C1CCc1ccccc1. The van der Waals surface area contributed by atoms with E-state index in [-0.39, 0.29) is 29.3 Å². The van der Waals surface area contributed by atoms with Crippen LogP contribution in [0.5, 0.6) is 0 Å². The third-order valence-corrected chi connectivity index (χ3v) is 7.56. The van der Waals surface area contributed by atoms with E-state index in [9.17, 15) is 18.0 Å². The van der Waals surface area contributed by atoms with E-state index < -0.39 is 27.9 Å². The first-order valence-electron chi connectivity index (χ1n) is 12.3. The number of sulfonamides is 1. The average molecular weight is 527 g/mol. The molecular formula is C28H34N2O6S. The van der Waals surface area contributed by atoms with Gasteiger partial charge in [-0.3, -0.25) is 5.01 Å². The second kappa shape index (κ2) is 12.2. The quantitative estimate of drug-likeness (QED) is 0.457. The Morgan fingerprint density at radius 1 is 0.838 bits per heavy atom. The summed E-state index contributed by atoms with van der Waals surface area (Å²) < 4.78 is 37.3. The number of rotatable bonds is 10. The zero-order chi connectivity index (χ0) is 27.2. The highest BCUT2D eigenvalue weighted by atomic mass is 32.2. The summed E-state index contributed by atoms with van der Waals surface area (Å²) in [7, 11) is -4.03. The Morgan fingerprint density at radius 2 is 1.35 bits per heavy atom. The highest BCUT2D eigenvalue weighted by Gasteiger charge is 2.40. The van der Waals surface area contributed by atoms with Crippen molar-refractivity contribution in [3.05, 3.63) is 88.3 Å². The molecule has 9 heteroatoms. The molecule has 0 amide bonds. The lowest BCUT2D eigenvalue weighted by molar-refractivity contribution is -0.140. The minimum Gasteiger partial charge on any atom is -0.463 e. The second-order valence-corrected chi connectivity index (χ2v) is 10.4. The van der Waals surface area contributed by atoms with Crippen LogP contribution in [0, 0.1) is 12.8 Å². The third-order valence-electron chi connectivity index (χ3n) is 6.25. The molecule has 0 aliphatic carbocycles. The topological polar surface area (TPSA) is 102 Å². The van der Waals surface area contributed by atoms with Gasteiger partial charge in [-0.2, -0.15) is 0 Å². The van der Waals surface area contributed by atoms with E-state index in [0.29, 0.717) is 24.2 Å². The Morgan fingerprint density at radius 3 is 1.84 bits per heavy atom. The normalized spacial score (nSPS) is 14.7. The van der Waals surface area contributed by atoms with E-state index in [2.05, 4.69) is 4.83 Å². The fourth-order valence-corrected chi connectivity index (χ4v) is 5.52. The number of hydrogen-bond donors (Lipinski definition) is 1. The summed E-state index contributed by atoms with van der Waals surface area (Å²) in [6, 6.07) is 16.1. The fraction of sp³-hybridized carbons (Fsp3) is 0.357. The molecule has 0 atom stereocenters. The van der Waals surface area contributed by atoms with Gasteiger partial charge in [-0.15, -0.1) is 4.83 Å². The Hall–Kier alpha value is -3.43. The molecule has 1 N–H and O–H groups in total. The van der Waals surface area contributed by atoms with Gasteiger partial charge in [0.05, 0.1) is 29.3 Å². The fourth-order valence-electron chi connectivity index (χ4n) is 4.41. The first-order valence-corrected chi connectivity index (χ1v) is 13.8. The zero-order valence-corrected chi connectivity index (χ0v) is 22.7. The van der Waals surface area contributed by atoms with Gasteiger partial charge >= 0.3 is 11.9 Å². The largest absolute Gasteiger partial charge is 0.463 e. The van der Waals surface area contributed by atoms with Crippen LogP contribution in [-0.4, -0.2) is 38.6 Å². The van der Waals surface area contributed by atoms with Crippen molar-refractivity contribution < 1.29 is 27.5 Å². The molecule has 1 aliphatic rings. The van der Waals surface area contributed by atoms with Crippen molar-refractivity contribution in [3.63, 3.8) is 0 Å². The number of hydrogen-bond acceptors (Lipinski definition) is 7. The van der Waals surface area contributed by atoms with Gasteiger partial charge in [-0.25, -0.2) is 18.0 Å². The molecule has 0 saturated heterocycles. The minimum absolute atomic E-state index is 0.0558. The Bertz CT molecular complexity index is 1260. The van der Waals surface area contributed by atoms with Crippen LogP contribution in [0.3, 0.4) is 0 Å². The lowest BCUT2D eigenvalue weighted by atomic mass is 9.81. The molecule has 8 nitrogen and oxygen atoms in total. The van der Waals surface area contributed by atoms with Gasteiger partial charge in [0, 0.05) is 17.3 Å². The molecule has 2 aromatic rings. The summed E-state index contributed by atoms with van der Waals surface area (Å²) in [5, 5.41) is 1.27. The molecule has 0 bridgehead atoms. The Labute approximate surface area is 219 Å². The summed E-state index contributed by atoms with van der Waals surface area (Å²) in [6.07, 6.45) is 1.02. The van der Waals surface area contributed by atoms with Crippen molar-refractivity contribution in [2.45, 2.75) is 52.4 Å². The third kappa shape index (κ3) is 6.47. The van der Waals surface area contributed by atoms with Crippen molar-refractivity contribution in [2.75, 3.05) is 13.2 Å². The molecule has 0 radical (unpaired) electrons. The van der Waals surface area contributed by atoms with Crippen LogP contribution in [0.4, 0.5) is 0 Å². The van der Waals surface area contributed by atoms with Gasteiger partial charge in [0.15, 0.2) is 0 Å². The maximum atomic E-state index is 13.3. The molecule has 0 unspecified atom stereocenters. The van der Waals surface area contributed by atoms with Gasteiger partial charge in [-0.05, 0) is 65.2 Å². The van der Waals surface area contributed by atoms with Crippen molar-refractivity contribution >= 4 is 22.0 Å². The molecule has 1 heterocycles. The minimum atomic E-state index is -4.03. The maximum Gasteiger partial charge on any atom is 0.336 e. The van der Waals surface area contributed by atoms with Crippen molar-refractivity contribution in [1.82, 2.24) is 9.84 Å². The molecule has 3 rings (SSSR count). The lowest BCUT2D eigenvalue weighted by Crippen LogP contribution is -2.45. The maximum absolute atomic E-state index is 13.3. The Balaban J connectivity index is 2.11. The van der Waals surface area contributed by atoms with Crippen LogP contribution >= 0.6 is 0 Å². The van der Waals surface area contributed by atoms with Crippen LogP contribution in [0.2, 0.25) is 0 Å². The van der Waals surface area contributed by atoms with Crippen LogP contribution in [0.25, 0.3) is 0 Å². The number of aryl methyl sites for hydroxylation is 2. The Kier molecular flexibility index (Phi) is 9.29. The van der Waals surface area contributed by atoms with Gasteiger partial charge in [0.1, 0.15) is 0 Å². The number of nitrogens with zero attached hydrogens (tertiary/aromatic N) is 1. The highest BCUT2D eigenvalue weighted by molar-refractivity contribution is 7.89. The summed E-state index contributed by atoms with van der Waals surface area (Å²) in [6.45, 7) is 8.81. The molecule has 2 aromatic carbocycles. The lowest BCUT2D eigenvalue weighted by Gasteiger charge is -2.37. The van der Waals surface area contributed by atoms with Gasteiger partial charge in [-0.1, -0.05) is 48.0 Å². The van der Waals surface area contributed by atoms with Crippen molar-refractivity contribution in [2.24, 2.45) is 5.92 Å². The van der Waals surface area contributed by atoms with E-state index >= 15 is 0 Å². The van der Waals surface area contributed by atoms with Gasteiger partial charge in [0.25, 0.3) is 10.0 Å². The number of esters is 2. The van der Waals surface area contributed by atoms with Gasteiger partial charge in [0.2, 0.25) is 0 Å². The summed E-state index contributed by atoms with van der Waals surface area (Å²) in [5.74, 6) is -1.85. The predicted molar refractivity (Wildman–Crippen MR) is 140 cm³/mol. The van der Waals surface area contributed by atoms with Crippen molar-refractivity contribution in [3.8, 4) is 0 Å². The van der Waals surface area contributed by atoms with Crippen LogP contribution < -0.4 is 4.83 Å². The molecule has 0 saturated carbocycles. The zero-order valence-electron chi connectivity index (χ0n) is 21.9. The average Bonchev–Trinajstić information content (AvgIpc) is 2.86. The van der Waals surface area contributed by atoms with Crippen LogP contribution in [-0.2, 0) is 35.5 Å². The first kappa shape index (κ1) is 28.1. The first-order chi connectivity index (χ1) is 17.6. The number of benzene rings is 2. The number of nitrogens with one attached hydrogen (secondary N) is 1. The van der Waals surface area contributed by atoms with Crippen molar-refractivity contribution in [1.29, 1.82) is 0 Å². The number of allylic oxidation sites excluding steroid dienone is 2. The monoisotopic (exact) mass is 526 g/mol. The highest BCUT2D eigenvalue weighted by Crippen LogP contribution is 2.39. The molecule has 1 aliphatic heterocycles. The number of hydrazine groups is 1. The number of carbonyl (C=O) groups is 2. The molecule has 37 heavy (non-hydrogen) atoms. The standard InChI is InChI=1S/C28H34N2O6S/c1-6-35-27(31)25-20(4)30(29-37(33,34)23-16-13-19(3)14-17-23)21(5)26(28(32)36-7-2)24(25)18-15-22-11-9-8-10-12-22/h8-14,16-17,24,29H,6-7,15,18H2,1-5H3. The number of ether oxygens (including phenoxy) is 2. The van der Waals surface area contributed by atoms with Crippen LogP contribution in [0.1, 0.15) is 45.2 Å². The summed E-state index contributed by atoms with van der Waals surface area (Å²) in [5.41, 5.74) is 3.10. The molecule has 0 spiro atoms. The summed E-state index contributed by atoms with van der Waals surface area (Å²) >= 11 is 0. The molecular weight excluding hydrogens is 492 g/mol. The molecule has 0 aromatic heterocycles. The van der Waals surface area contributed by atoms with E-state index in [0.717, 1.165) is 11.1 Å².